The number of rotatable bonds is 3. The van der Waals surface area contributed by atoms with E-state index in [2.05, 4.69) is 10.6 Å². The molecule has 0 aliphatic rings. The maximum atomic E-state index is 11.8. The molecule has 2 aromatic rings. The molecule has 2 N–H and O–H groups in total. The van der Waals surface area contributed by atoms with E-state index in [-0.39, 0.29) is 0 Å². The highest BCUT2D eigenvalue weighted by molar-refractivity contribution is 6.40. The molecule has 0 saturated heterocycles. The first-order valence-corrected chi connectivity index (χ1v) is 6.83. The molecule has 0 heterocycles. The van der Waals surface area contributed by atoms with Crippen molar-refractivity contribution in [2.45, 2.75) is 13.5 Å². The minimum Gasteiger partial charge on any atom is -0.344 e. The molecule has 0 aliphatic heterocycles. The van der Waals surface area contributed by atoms with Crippen LogP contribution in [0, 0.1) is 6.92 Å². The van der Waals surface area contributed by atoms with Crippen LogP contribution in [0.15, 0.2) is 48.5 Å². The van der Waals surface area contributed by atoms with E-state index in [1.165, 1.54) is 0 Å². The van der Waals surface area contributed by atoms with E-state index in [0.29, 0.717) is 17.3 Å². The van der Waals surface area contributed by atoms with Crippen LogP contribution in [0.3, 0.4) is 0 Å². The minimum atomic E-state index is -0.712. The van der Waals surface area contributed by atoms with Crippen molar-refractivity contribution in [3.63, 3.8) is 0 Å². The van der Waals surface area contributed by atoms with Gasteiger partial charge in [-0.2, -0.15) is 0 Å². The molecule has 21 heavy (non-hydrogen) atoms. The number of nitrogens with one attached hydrogen (secondary N) is 2. The molecule has 0 aliphatic carbocycles. The lowest BCUT2D eigenvalue weighted by Crippen LogP contribution is -2.35. The van der Waals surface area contributed by atoms with Gasteiger partial charge in [-0.1, -0.05) is 48.0 Å². The molecule has 0 atom stereocenters. The standard InChI is InChI=1S/C16H15ClN2O2/c1-11-7-8-13(17)9-14(11)19-16(21)15(20)18-10-12-5-3-2-4-6-12/h2-9H,10H2,1H3,(H,18,20)(H,19,21). The summed E-state index contributed by atoms with van der Waals surface area (Å²) in [5.41, 5.74) is 2.29. The first kappa shape index (κ1) is 15.1. The van der Waals surface area contributed by atoms with Gasteiger partial charge in [0, 0.05) is 17.3 Å². The monoisotopic (exact) mass is 302 g/mol. The molecule has 0 fully saturated rings. The quantitative estimate of drug-likeness (QED) is 0.857. The highest BCUT2D eigenvalue weighted by atomic mass is 35.5. The zero-order chi connectivity index (χ0) is 15.2. The summed E-state index contributed by atoms with van der Waals surface area (Å²) in [5, 5.41) is 5.62. The van der Waals surface area contributed by atoms with Crippen molar-refractivity contribution in [1.29, 1.82) is 0 Å². The Morgan fingerprint density at radius 1 is 1.05 bits per heavy atom. The normalized spacial score (nSPS) is 10.0. The number of aryl methyl sites for hydroxylation is 1. The number of anilines is 1. The molecule has 0 spiro atoms. The average Bonchev–Trinajstić information content (AvgIpc) is 2.49. The number of benzene rings is 2. The van der Waals surface area contributed by atoms with Crippen LogP contribution in [0.25, 0.3) is 0 Å². The van der Waals surface area contributed by atoms with E-state index in [1.807, 2.05) is 37.3 Å². The molecule has 4 nitrogen and oxygen atoms in total. The third-order valence-electron chi connectivity index (χ3n) is 2.95. The second kappa shape index (κ2) is 6.90. The summed E-state index contributed by atoms with van der Waals surface area (Å²) in [5.74, 6) is -1.39. The topological polar surface area (TPSA) is 58.2 Å². The van der Waals surface area contributed by atoms with Crippen LogP contribution in [0.2, 0.25) is 5.02 Å². The van der Waals surface area contributed by atoms with Gasteiger partial charge in [0.2, 0.25) is 0 Å². The van der Waals surface area contributed by atoms with Crippen LogP contribution in [-0.2, 0) is 16.1 Å². The number of hydrogen-bond donors (Lipinski definition) is 2. The van der Waals surface area contributed by atoms with Crippen LogP contribution < -0.4 is 10.6 Å². The minimum absolute atomic E-state index is 0.307. The molecule has 2 amide bonds. The zero-order valence-electron chi connectivity index (χ0n) is 11.5. The number of carbonyl (C=O) groups excluding carboxylic acids is 2. The Hall–Kier alpha value is -2.33. The van der Waals surface area contributed by atoms with E-state index in [1.54, 1.807) is 18.2 Å². The second-order valence-electron chi connectivity index (χ2n) is 4.58. The fourth-order valence-corrected chi connectivity index (χ4v) is 1.94. The Morgan fingerprint density at radius 2 is 1.76 bits per heavy atom. The number of halogens is 1. The second-order valence-corrected chi connectivity index (χ2v) is 5.02. The SMILES string of the molecule is Cc1ccc(Cl)cc1NC(=O)C(=O)NCc1ccccc1. The molecule has 0 radical (unpaired) electrons. The van der Waals surface area contributed by atoms with E-state index in [0.717, 1.165) is 11.1 Å². The predicted octanol–water partition coefficient (Wildman–Crippen LogP) is 2.90. The van der Waals surface area contributed by atoms with Crippen LogP contribution in [0.5, 0.6) is 0 Å². The predicted molar refractivity (Wildman–Crippen MR) is 83.1 cm³/mol. The Bertz CT molecular complexity index is 657. The van der Waals surface area contributed by atoms with Gasteiger partial charge in [-0.05, 0) is 30.2 Å². The van der Waals surface area contributed by atoms with Crippen molar-refractivity contribution >= 4 is 29.1 Å². The van der Waals surface area contributed by atoms with Gasteiger partial charge < -0.3 is 10.6 Å². The Balaban J connectivity index is 1.94. The molecular formula is C16H15ClN2O2. The van der Waals surface area contributed by atoms with Gasteiger partial charge in [-0.3, -0.25) is 9.59 Å². The largest absolute Gasteiger partial charge is 0.344 e. The number of carbonyl (C=O) groups is 2. The summed E-state index contributed by atoms with van der Waals surface area (Å²) in [6, 6.07) is 14.5. The molecule has 2 aromatic carbocycles. The Labute approximate surface area is 128 Å². The lowest BCUT2D eigenvalue weighted by Gasteiger charge is -2.09. The summed E-state index contributed by atoms with van der Waals surface area (Å²) in [6.45, 7) is 2.13. The van der Waals surface area contributed by atoms with E-state index < -0.39 is 11.8 Å². The van der Waals surface area contributed by atoms with Gasteiger partial charge in [0.1, 0.15) is 0 Å². The van der Waals surface area contributed by atoms with E-state index in [4.69, 9.17) is 11.6 Å². The summed E-state index contributed by atoms with van der Waals surface area (Å²) < 4.78 is 0. The lowest BCUT2D eigenvalue weighted by molar-refractivity contribution is -0.136. The van der Waals surface area contributed by atoms with Crippen molar-refractivity contribution in [3.05, 3.63) is 64.7 Å². The van der Waals surface area contributed by atoms with Gasteiger partial charge in [0.05, 0.1) is 0 Å². The third kappa shape index (κ3) is 4.33. The maximum absolute atomic E-state index is 11.8. The summed E-state index contributed by atoms with van der Waals surface area (Å²) in [4.78, 5) is 23.6. The molecule has 5 heteroatoms. The molecule has 0 unspecified atom stereocenters. The van der Waals surface area contributed by atoms with Crippen molar-refractivity contribution in [2.75, 3.05) is 5.32 Å². The van der Waals surface area contributed by atoms with Crippen molar-refractivity contribution in [1.82, 2.24) is 5.32 Å². The molecule has 2 rings (SSSR count). The first-order chi connectivity index (χ1) is 10.1. The molecule has 0 saturated carbocycles. The Morgan fingerprint density at radius 3 is 2.48 bits per heavy atom. The van der Waals surface area contributed by atoms with Crippen LogP contribution >= 0.6 is 11.6 Å². The summed E-state index contributed by atoms with van der Waals surface area (Å²) >= 11 is 5.87. The lowest BCUT2D eigenvalue weighted by atomic mass is 10.2. The van der Waals surface area contributed by atoms with E-state index >= 15 is 0 Å². The average molecular weight is 303 g/mol. The fraction of sp³-hybridized carbons (Fsp3) is 0.125. The van der Waals surface area contributed by atoms with Gasteiger partial charge in [0.15, 0.2) is 0 Å². The zero-order valence-corrected chi connectivity index (χ0v) is 12.3. The van der Waals surface area contributed by atoms with Crippen molar-refractivity contribution in [2.24, 2.45) is 0 Å². The summed E-state index contributed by atoms with van der Waals surface area (Å²) in [7, 11) is 0. The third-order valence-corrected chi connectivity index (χ3v) is 3.19. The van der Waals surface area contributed by atoms with Gasteiger partial charge in [-0.15, -0.1) is 0 Å². The van der Waals surface area contributed by atoms with Gasteiger partial charge in [0.25, 0.3) is 0 Å². The van der Waals surface area contributed by atoms with Crippen molar-refractivity contribution in [3.8, 4) is 0 Å². The molecular weight excluding hydrogens is 288 g/mol. The Kier molecular flexibility index (Phi) is 4.95. The highest BCUT2D eigenvalue weighted by Gasteiger charge is 2.14. The first-order valence-electron chi connectivity index (χ1n) is 6.45. The van der Waals surface area contributed by atoms with Crippen LogP contribution in [0.4, 0.5) is 5.69 Å². The van der Waals surface area contributed by atoms with Crippen LogP contribution in [-0.4, -0.2) is 11.8 Å². The van der Waals surface area contributed by atoms with E-state index in [9.17, 15) is 9.59 Å². The highest BCUT2D eigenvalue weighted by Crippen LogP contribution is 2.19. The van der Waals surface area contributed by atoms with Crippen molar-refractivity contribution < 1.29 is 9.59 Å². The fourth-order valence-electron chi connectivity index (χ4n) is 1.77. The van der Waals surface area contributed by atoms with Crippen LogP contribution in [0.1, 0.15) is 11.1 Å². The molecule has 0 bridgehead atoms. The number of hydrogen-bond acceptors (Lipinski definition) is 2. The van der Waals surface area contributed by atoms with Gasteiger partial charge >= 0.3 is 11.8 Å². The molecule has 0 aromatic heterocycles. The summed E-state index contributed by atoms with van der Waals surface area (Å²) in [6.07, 6.45) is 0. The number of amides is 2. The smallest absolute Gasteiger partial charge is 0.313 e. The van der Waals surface area contributed by atoms with Gasteiger partial charge in [-0.25, -0.2) is 0 Å². The molecule has 108 valence electrons. The maximum Gasteiger partial charge on any atom is 0.313 e.